The minimum Gasteiger partial charge on any atom is -0.313 e. The fraction of sp³-hybridized carbons (Fsp3) is 0.615. The van der Waals surface area contributed by atoms with Crippen molar-refractivity contribution in [3.63, 3.8) is 0 Å². The topological polar surface area (TPSA) is 24.9 Å². The Kier molecular flexibility index (Phi) is 7.16. The highest BCUT2D eigenvalue weighted by molar-refractivity contribution is 9.10. The van der Waals surface area contributed by atoms with Crippen LogP contribution in [0, 0.1) is 5.92 Å². The third kappa shape index (κ3) is 4.98. The molecule has 2 atom stereocenters. The molecule has 0 spiro atoms. The summed E-state index contributed by atoms with van der Waals surface area (Å²) in [7, 11) is 0. The lowest BCUT2D eigenvalue weighted by molar-refractivity contribution is 0.404. The van der Waals surface area contributed by atoms with Crippen molar-refractivity contribution < 1.29 is 0 Å². The van der Waals surface area contributed by atoms with Gasteiger partial charge in [0.25, 0.3) is 0 Å². The van der Waals surface area contributed by atoms with Crippen molar-refractivity contribution in [2.24, 2.45) is 5.92 Å². The summed E-state index contributed by atoms with van der Waals surface area (Å²) in [5.41, 5.74) is 0. The van der Waals surface area contributed by atoms with Crippen LogP contribution in [0.15, 0.2) is 27.8 Å². The highest BCUT2D eigenvalue weighted by Gasteiger charge is 2.15. The van der Waals surface area contributed by atoms with Gasteiger partial charge in [-0.05, 0) is 40.5 Å². The molecule has 0 aliphatic rings. The molecule has 1 rings (SSSR count). The molecule has 1 aromatic heterocycles. The van der Waals surface area contributed by atoms with Gasteiger partial charge >= 0.3 is 0 Å². The Morgan fingerprint density at radius 2 is 2.24 bits per heavy atom. The number of nitrogens with one attached hydrogen (secondary N) is 1. The summed E-state index contributed by atoms with van der Waals surface area (Å²) in [5, 5.41) is 4.64. The van der Waals surface area contributed by atoms with Gasteiger partial charge in [-0.1, -0.05) is 27.2 Å². The zero-order valence-electron chi connectivity index (χ0n) is 10.7. The van der Waals surface area contributed by atoms with Gasteiger partial charge in [-0.15, -0.1) is 11.8 Å². The standard InChI is InChI=1S/C13H21BrN2S/c1-4-10(3)12(15-5-2)9-17-13-11(14)7-6-8-16-13/h6-8,10,12,15H,4-5,9H2,1-3H3. The largest absolute Gasteiger partial charge is 0.313 e. The second-order valence-electron chi connectivity index (χ2n) is 4.15. The predicted molar refractivity (Wildman–Crippen MR) is 79.6 cm³/mol. The van der Waals surface area contributed by atoms with Crippen molar-refractivity contribution in [3.8, 4) is 0 Å². The monoisotopic (exact) mass is 316 g/mol. The van der Waals surface area contributed by atoms with Crippen molar-refractivity contribution in [3.05, 3.63) is 22.8 Å². The van der Waals surface area contributed by atoms with Crippen molar-refractivity contribution in [1.82, 2.24) is 10.3 Å². The summed E-state index contributed by atoms with van der Waals surface area (Å²) in [6, 6.07) is 4.55. The Hall–Kier alpha value is -0.0600. The van der Waals surface area contributed by atoms with Gasteiger partial charge in [0.15, 0.2) is 0 Å². The normalized spacial score (nSPS) is 14.6. The number of thioether (sulfide) groups is 1. The number of aromatic nitrogens is 1. The molecule has 1 heterocycles. The first-order valence-corrected chi connectivity index (χ1v) is 7.93. The van der Waals surface area contributed by atoms with E-state index in [4.69, 9.17) is 0 Å². The van der Waals surface area contributed by atoms with E-state index in [1.54, 1.807) is 0 Å². The third-order valence-corrected chi connectivity index (χ3v) is 4.95. The van der Waals surface area contributed by atoms with Crippen LogP contribution in [0.5, 0.6) is 0 Å². The van der Waals surface area contributed by atoms with Gasteiger partial charge in [0.1, 0.15) is 5.03 Å². The van der Waals surface area contributed by atoms with E-state index in [2.05, 4.69) is 47.0 Å². The highest BCUT2D eigenvalue weighted by Crippen LogP contribution is 2.26. The molecule has 0 saturated carbocycles. The molecule has 0 aromatic carbocycles. The Morgan fingerprint density at radius 3 is 2.82 bits per heavy atom. The summed E-state index contributed by atoms with van der Waals surface area (Å²) >= 11 is 5.35. The molecule has 0 aliphatic heterocycles. The summed E-state index contributed by atoms with van der Waals surface area (Å²) in [6.07, 6.45) is 3.06. The van der Waals surface area contributed by atoms with Gasteiger partial charge in [-0.25, -0.2) is 4.98 Å². The molecular weight excluding hydrogens is 296 g/mol. The molecule has 0 aliphatic carbocycles. The van der Waals surface area contributed by atoms with E-state index in [1.807, 2.05) is 30.1 Å². The number of hydrogen-bond donors (Lipinski definition) is 1. The van der Waals surface area contributed by atoms with Crippen LogP contribution in [0.4, 0.5) is 0 Å². The molecule has 4 heteroatoms. The molecular formula is C13H21BrN2S. The van der Waals surface area contributed by atoms with E-state index >= 15 is 0 Å². The Labute approximate surface area is 117 Å². The average Bonchev–Trinajstić information content (AvgIpc) is 2.35. The lowest BCUT2D eigenvalue weighted by Gasteiger charge is -2.23. The van der Waals surface area contributed by atoms with Crippen LogP contribution in [-0.2, 0) is 0 Å². The lowest BCUT2D eigenvalue weighted by Crippen LogP contribution is -2.36. The van der Waals surface area contributed by atoms with E-state index in [1.165, 1.54) is 6.42 Å². The van der Waals surface area contributed by atoms with Gasteiger partial charge in [-0.2, -0.15) is 0 Å². The number of pyridine rings is 1. The van der Waals surface area contributed by atoms with Crippen molar-refractivity contribution in [2.45, 2.75) is 38.3 Å². The second kappa shape index (κ2) is 8.11. The number of halogens is 1. The summed E-state index contributed by atoms with van der Waals surface area (Å²) in [6.45, 7) is 7.74. The number of nitrogens with zero attached hydrogens (tertiary/aromatic N) is 1. The molecule has 96 valence electrons. The Bertz CT molecular complexity index is 333. The van der Waals surface area contributed by atoms with E-state index in [9.17, 15) is 0 Å². The molecule has 0 fully saturated rings. The maximum absolute atomic E-state index is 4.38. The second-order valence-corrected chi connectivity index (χ2v) is 6.01. The average molecular weight is 317 g/mol. The smallest absolute Gasteiger partial charge is 0.110 e. The third-order valence-electron chi connectivity index (χ3n) is 2.92. The molecule has 0 radical (unpaired) electrons. The van der Waals surface area contributed by atoms with E-state index < -0.39 is 0 Å². The molecule has 1 aromatic rings. The first-order chi connectivity index (χ1) is 8.19. The van der Waals surface area contributed by atoms with E-state index in [0.29, 0.717) is 12.0 Å². The van der Waals surface area contributed by atoms with Gasteiger partial charge in [0, 0.05) is 22.5 Å². The molecule has 1 N–H and O–H groups in total. The first-order valence-electron chi connectivity index (χ1n) is 6.15. The number of hydrogen-bond acceptors (Lipinski definition) is 3. The molecule has 17 heavy (non-hydrogen) atoms. The minimum absolute atomic E-state index is 0.559. The van der Waals surface area contributed by atoms with Crippen LogP contribution < -0.4 is 5.32 Å². The first kappa shape index (κ1) is 15.0. The van der Waals surface area contributed by atoms with Gasteiger partial charge in [-0.3, -0.25) is 0 Å². The molecule has 2 unspecified atom stereocenters. The zero-order chi connectivity index (χ0) is 12.7. The SMILES string of the molecule is CCNC(CSc1ncccc1Br)C(C)CC. The maximum atomic E-state index is 4.38. The fourth-order valence-corrected chi connectivity index (χ4v) is 3.34. The Balaban J connectivity index is 2.54. The summed E-state index contributed by atoms with van der Waals surface area (Å²) in [5.74, 6) is 1.77. The molecule has 0 bridgehead atoms. The van der Waals surface area contributed by atoms with Gasteiger partial charge in [0.05, 0.1) is 0 Å². The van der Waals surface area contributed by atoms with Crippen molar-refractivity contribution >= 4 is 27.7 Å². The maximum Gasteiger partial charge on any atom is 0.110 e. The van der Waals surface area contributed by atoms with Gasteiger partial charge < -0.3 is 5.32 Å². The van der Waals surface area contributed by atoms with Crippen LogP contribution in [0.1, 0.15) is 27.2 Å². The van der Waals surface area contributed by atoms with Crippen LogP contribution in [0.2, 0.25) is 0 Å². The zero-order valence-corrected chi connectivity index (χ0v) is 13.1. The molecule has 0 saturated heterocycles. The van der Waals surface area contributed by atoms with E-state index in [-0.39, 0.29) is 0 Å². The fourth-order valence-electron chi connectivity index (χ4n) is 1.62. The lowest BCUT2D eigenvalue weighted by atomic mass is 10.0. The number of rotatable bonds is 7. The van der Waals surface area contributed by atoms with Crippen LogP contribution in [0.25, 0.3) is 0 Å². The summed E-state index contributed by atoms with van der Waals surface area (Å²) < 4.78 is 1.09. The van der Waals surface area contributed by atoms with Gasteiger partial charge in [0.2, 0.25) is 0 Å². The quantitative estimate of drug-likeness (QED) is 0.771. The summed E-state index contributed by atoms with van der Waals surface area (Å²) in [4.78, 5) is 4.38. The minimum atomic E-state index is 0.559. The predicted octanol–water partition coefficient (Wildman–Crippen LogP) is 3.96. The molecule has 0 amide bonds. The molecule has 2 nitrogen and oxygen atoms in total. The van der Waals surface area contributed by atoms with Crippen molar-refractivity contribution in [2.75, 3.05) is 12.3 Å². The van der Waals surface area contributed by atoms with Crippen LogP contribution in [-0.4, -0.2) is 23.3 Å². The Morgan fingerprint density at radius 1 is 1.47 bits per heavy atom. The van der Waals surface area contributed by atoms with Crippen molar-refractivity contribution in [1.29, 1.82) is 0 Å². The van der Waals surface area contributed by atoms with Crippen LogP contribution >= 0.6 is 27.7 Å². The van der Waals surface area contributed by atoms with Crippen LogP contribution in [0.3, 0.4) is 0 Å². The highest BCUT2D eigenvalue weighted by atomic mass is 79.9. The van der Waals surface area contributed by atoms with E-state index in [0.717, 1.165) is 21.8 Å².